The smallest absolute Gasteiger partial charge is 0.339 e. The minimum absolute atomic E-state index is 0.00904. The predicted molar refractivity (Wildman–Crippen MR) is 111 cm³/mol. The van der Waals surface area contributed by atoms with Crippen LogP contribution >= 0.6 is 0 Å². The number of cyclic esters (lactones) is 2. The van der Waals surface area contributed by atoms with Crippen molar-refractivity contribution in [1.82, 2.24) is 0 Å². The fraction of sp³-hybridized carbons (Fsp3) is 0.720. The molecule has 1 aromatic rings. The summed E-state index contributed by atoms with van der Waals surface area (Å²) in [7, 11) is 0. The van der Waals surface area contributed by atoms with Crippen LogP contribution in [0.1, 0.15) is 65.0 Å². The number of ketones is 1. The number of esters is 2. The summed E-state index contributed by atoms with van der Waals surface area (Å²) < 4.78 is 23.0. The van der Waals surface area contributed by atoms with E-state index in [4.69, 9.17) is 18.6 Å². The zero-order valence-electron chi connectivity index (χ0n) is 19.3. The molecular weight excluding hydrogens is 428 g/mol. The largest absolute Gasteiger partial charge is 0.472 e. The lowest BCUT2D eigenvalue weighted by Gasteiger charge is -2.61. The van der Waals surface area contributed by atoms with Crippen LogP contribution in [-0.4, -0.2) is 46.2 Å². The molecule has 0 amide bonds. The van der Waals surface area contributed by atoms with Crippen LogP contribution in [0.2, 0.25) is 0 Å². The number of rotatable bonds is 1. The van der Waals surface area contributed by atoms with Crippen molar-refractivity contribution in [2.45, 2.75) is 82.9 Å². The summed E-state index contributed by atoms with van der Waals surface area (Å²) in [4.78, 5) is 39.3. The van der Waals surface area contributed by atoms with Crippen molar-refractivity contribution < 1.29 is 38.1 Å². The quantitative estimate of drug-likeness (QED) is 0.505. The van der Waals surface area contributed by atoms with Crippen molar-refractivity contribution in [1.29, 1.82) is 0 Å². The highest BCUT2D eigenvalue weighted by Gasteiger charge is 2.84. The Bertz CT molecular complexity index is 1040. The van der Waals surface area contributed by atoms with Gasteiger partial charge in [0.15, 0.2) is 6.10 Å². The second-order valence-corrected chi connectivity index (χ2v) is 11.6. The van der Waals surface area contributed by atoms with Gasteiger partial charge in [0.25, 0.3) is 0 Å². The van der Waals surface area contributed by atoms with Crippen LogP contribution in [0.25, 0.3) is 0 Å². The standard InChI is InChI=1S/C25H30O8/c1-22(2)15-9-14(26)18-13(24(15,4)16(27)10-17(28)32-22)5-7-23(3)19(12-6-8-30-11-12)31-21(29)20-25(18,23)33-20/h6,8,11,13,15-16,18-20,27H,5,7,9-10H2,1-4H3/t13?,15-,16?,18-,19-,20+,23-,24+,25+/m0/s1. The molecule has 6 rings (SSSR count). The Balaban J connectivity index is 1.48. The molecule has 3 aliphatic heterocycles. The number of hydrogen-bond acceptors (Lipinski definition) is 8. The normalized spacial score (nSPS) is 50.0. The van der Waals surface area contributed by atoms with Crippen molar-refractivity contribution >= 4 is 17.7 Å². The maximum atomic E-state index is 13.9. The van der Waals surface area contributed by atoms with E-state index >= 15 is 0 Å². The maximum absolute atomic E-state index is 13.9. The van der Waals surface area contributed by atoms with Crippen LogP contribution in [0.3, 0.4) is 0 Å². The lowest BCUT2D eigenvalue weighted by Crippen LogP contribution is -2.67. The molecule has 9 atom stereocenters. The third-order valence-electron chi connectivity index (χ3n) is 9.85. The van der Waals surface area contributed by atoms with Gasteiger partial charge in [0.1, 0.15) is 23.1 Å². The lowest BCUT2D eigenvalue weighted by molar-refractivity contribution is -0.207. The molecule has 2 unspecified atom stereocenters. The van der Waals surface area contributed by atoms with E-state index in [1.807, 2.05) is 27.7 Å². The summed E-state index contributed by atoms with van der Waals surface area (Å²) in [5.74, 6) is -2.05. The molecule has 2 aliphatic carbocycles. The molecule has 8 heteroatoms. The van der Waals surface area contributed by atoms with Gasteiger partial charge in [-0.25, -0.2) is 4.79 Å². The first-order chi connectivity index (χ1) is 15.5. The van der Waals surface area contributed by atoms with Crippen LogP contribution in [0.5, 0.6) is 0 Å². The van der Waals surface area contributed by atoms with Crippen LogP contribution in [-0.2, 0) is 28.6 Å². The number of Topliss-reactive ketones (excluding diaryl/α,β-unsaturated/α-hetero) is 1. The van der Waals surface area contributed by atoms with Crippen molar-refractivity contribution in [3.05, 3.63) is 24.2 Å². The number of aliphatic hydroxyl groups excluding tert-OH is 1. The Hall–Kier alpha value is -2.19. The van der Waals surface area contributed by atoms with E-state index in [-0.39, 0.29) is 30.5 Å². The zero-order chi connectivity index (χ0) is 23.6. The molecule has 1 spiro atoms. The highest BCUT2D eigenvalue weighted by molar-refractivity contribution is 5.90. The summed E-state index contributed by atoms with van der Waals surface area (Å²) in [5, 5.41) is 11.3. The molecule has 5 fully saturated rings. The second kappa shape index (κ2) is 6.27. The molecule has 0 radical (unpaired) electrons. The highest BCUT2D eigenvalue weighted by Crippen LogP contribution is 2.74. The summed E-state index contributed by atoms with van der Waals surface area (Å²) >= 11 is 0. The third kappa shape index (κ3) is 2.41. The monoisotopic (exact) mass is 458 g/mol. The lowest BCUT2D eigenvalue weighted by atomic mass is 9.42. The van der Waals surface area contributed by atoms with Gasteiger partial charge in [-0.3, -0.25) is 9.59 Å². The number of fused-ring (bicyclic) bond motifs is 3. The first kappa shape index (κ1) is 21.4. The minimum Gasteiger partial charge on any atom is -0.472 e. The molecule has 33 heavy (non-hydrogen) atoms. The Kier molecular flexibility index (Phi) is 4.06. The summed E-state index contributed by atoms with van der Waals surface area (Å²) in [6, 6.07) is 1.78. The van der Waals surface area contributed by atoms with Crippen molar-refractivity contribution in [2.24, 2.45) is 28.6 Å². The first-order valence-corrected chi connectivity index (χ1v) is 11.8. The predicted octanol–water partition coefficient (Wildman–Crippen LogP) is 2.73. The second-order valence-electron chi connectivity index (χ2n) is 11.6. The molecule has 4 heterocycles. The molecular formula is C25H30O8. The molecule has 3 saturated heterocycles. The van der Waals surface area contributed by atoms with E-state index in [2.05, 4.69) is 0 Å². The average molecular weight is 459 g/mol. The van der Waals surface area contributed by atoms with E-state index in [0.717, 1.165) is 5.56 Å². The Morgan fingerprint density at radius 2 is 1.82 bits per heavy atom. The maximum Gasteiger partial charge on any atom is 0.339 e. The topological polar surface area (TPSA) is 116 Å². The fourth-order valence-corrected chi connectivity index (χ4v) is 8.23. The molecule has 2 saturated carbocycles. The molecule has 0 aromatic carbocycles. The van der Waals surface area contributed by atoms with Gasteiger partial charge in [-0.2, -0.15) is 0 Å². The van der Waals surface area contributed by atoms with Gasteiger partial charge in [0.05, 0.1) is 31.0 Å². The first-order valence-electron chi connectivity index (χ1n) is 11.8. The Morgan fingerprint density at radius 1 is 1.06 bits per heavy atom. The van der Waals surface area contributed by atoms with Crippen molar-refractivity contribution in [2.75, 3.05) is 0 Å². The number of epoxide rings is 1. The Morgan fingerprint density at radius 3 is 2.52 bits per heavy atom. The number of carbonyl (C=O) groups excluding carboxylic acids is 3. The molecule has 5 aliphatic rings. The Labute approximate surface area is 191 Å². The van der Waals surface area contributed by atoms with E-state index in [0.29, 0.717) is 12.8 Å². The summed E-state index contributed by atoms with van der Waals surface area (Å²) in [5.41, 5.74) is -2.49. The van der Waals surface area contributed by atoms with Gasteiger partial charge in [-0.05, 0) is 38.7 Å². The number of furan rings is 1. The highest BCUT2D eigenvalue weighted by atomic mass is 16.7. The van der Waals surface area contributed by atoms with Crippen LogP contribution in [0, 0.1) is 28.6 Å². The molecule has 8 nitrogen and oxygen atoms in total. The molecule has 1 aromatic heterocycles. The van der Waals surface area contributed by atoms with E-state index in [9.17, 15) is 19.5 Å². The van der Waals surface area contributed by atoms with Gasteiger partial charge < -0.3 is 23.7 Å². The number of carbonyl (C=O) groups is 3. The fourth-order valence-electron chi connectivity index (χ4n) is 8.23. The number of aliphatic hydroxyl groups is 1. The average Bonchev–Trinajstić information content (AvgIpc) is 3.27. The van der Waals surface area contributed by atoms with Crippen LogP contribution in [0.15, 0.2) is 23.0 Å². The minimum atomic E-state index is -0.987. The summed E-state index contributed by atoms with van der Waals surface area (Å²) in [6.07, 6.45) is 2.14. The van der Waals surface area contributed by atoms with Gasteiger partial charge in [0.2, 0.25) is 0 Å². The molecule has 178 valence electrons. The van der Waals surface area contributed by atoms with Crippen molar-refractivity contribution in [3.8, 4) is 0 Å². The van der Waals surface area contributed by atoms with Gasteiger partial charge in [0, 0.05) is 28.7 Å². The van der Waals surface area contributed by atoms with Crippen LogP contribution < -0.4 is 0 Å². The molecule has 1 N–H and O–H groups in total. The van der Waals surface area contributed by atoms with E-state index in [1.54, 1.807) is 18.6 Å². The van der Waals surface area contributed by atoms with E-state index < -0.39 is 58.2 Å². The van der Waals surface area contributed by atoms with Crippen LogP contribution in [0.4, 0.5) is 0 Å². The van der Waals surface area contributed by atoms with Crippen molar-refractivity contribution in [3.63, 3.8) is 0 Å². The molecule has 0 bridgehead atoms. The zero-order valence-corrected chi connectivity index (χ0v) is 19.3. The third-order valence-corrected chi connectivity index (χ3v) is 9.85. The number of ether oxygens (including phenoxy) is 3. The van der Waals surface area contributed by atoms with Gasteiger partial charge >= 0.3 is 11.9 Å². The van der Waals surface area contributed by atoms with E-state index in [1.165, 1.54) is 0 Å². The van der Waals surface area contributed by atoms with Gasteiger partial charge in [-0.1, -0.05) is 13.8 Å². The summed E-state index contributed by atoms with van der Waals surface area (Å²) in [6.45, 7) is 7.68. The SMILES string of the molecule is CC1(C)OC(=O)CC(O)[C@]2(C)C3CC[C@@]4(C)[C@H](c5ccoc5)OC(=O)[C@H]5O[C@]54[C@@H]3C(=O)C[C@@H]12. The van der Waals surface area contributed by atoms with Gasteiger partial charge in [-0.15, -0.1) is 0 Å². The number of hydrogen-bond donors (Lipinski definition) is 1.